The molecule has 0 radical (unpaired) electrons. The monoisotopic (exact) mass is 417 g/mol. The molecule has 0 saturated carbocycles. The average Bonchev–Trinajstić information content (AvgIpc) is 2.54. The van der Waals surface area contributed by atoms with Gasteiger partial charge < -0.3 is 10.6 Å². The molecule has 154 valence electrons. The van der Waals surface area contributed by atoms with Crippen LogP contribution in [0.4, 0.5) is 0 Å². The molecule has 1 saturated heterocycles. The van der Waals surface area contributed by atoms with Gasteiger partial charge >= 0.3 is 0 Å². The molecule has 3 unspecified atom stereocenters. The average molecular weight is 418 g/mol. The summed E-state index contributed by atoms with van der Waals surface area (Å²) in [6.45, 7) is 8.80. The van der Waals surface area contributed by atoms with Crippen LogP contribution >= 0.6 is 12.4 Å². The summed E-state index contributed by atoms with van der Waals surface area (Å²) in [5.74, 6) is -0.0492. The standard InChI is InChI=1S/C19H31N3O3S.ClH/c1-13(2)11-18(19(23)21-16-9-10-20-15(4)12-16)22-26(24,25)17-7-5-14(3)6-8-17;/h5-8,13,15-16,18,20,22H,9-12H2,1-4H3,(H,21,23);1H. The van der Waals surface area contributed by atoms with Gasteiger partial charge in [-0.15, -0.1) is 12.4 Å². The van der Waals surface area contributed by atoms with Gasteiger partial charge in [0.15, 0.2) is 0 Å². The third kappa shape index (κ3) is 7.41. The number of halogens is 1. The molecular formula is C19H32ClN3O3S. The van der Waals surface area contributed by atoms with Crippen molar-refractivity contribution >= 4 is 28.3 Å². The minimum atomic E-state index is -3.74. The Kier molecular flexibility index (Phi) is 9.21. The van der Waals surface area contributed by atoms with Gasteiger partial charge in [-0.3, -0.25) is 4.79 Å². The van der Waals surface area contributed by atoms with E-state index in [1.54, 1.807) is 24.3 Å². The Labute approximate surface area is 169 Å². The molecule has 0 bridgehead atoms. The zero-order chi connectivity index (χ0) is 19.3. The quantitative estimate of drug-likeness (QED) is 0.635. The van der Waals surface area contributed by atoms with E-state index in [4.69, 9.17) is 0 Å². The van der Waals surface area contributed by atoms with Gasteiger partial charge in [-0.05, 0) is 57.7 Å². The van der Waals surface area contributed by atoms with Crippen molar-refractivity contribution in [2.75, 3.05) is 6.54 Å². The molecular weight excluding hydrogens is 386 g/mol. The van der Waals surface area contributed by atoms with Crippen molar-refractivity contribution in [2.45, 2.75) is 70.0 Å². The summed E-state index contributed by atoms with van der Waals surface area (Å²) >= 11 is 0. The second kappa shape index (κ2) is 10.4. The number of hydrogen-bond acceptors (Lipinski definition) is 4. The van der Waals surface area contributed by atoms with Crippen LogP contribution in [0.3, 0.4) is 0 Å². The molecule has 0 aliphatic carbocycles. The number of sulfonamides is 1. The largest absolute Gasteiger partial charge is 0.352 e. The van der Waals surface area contributed by atoms with Gasteiger partial charge in [0.05, 0.1) is 4.90 Å². The molecule has 1 aliphatic heterocycles. The highest BCUT2D eigenvalue weighted by Crippen LogP contribution is 2.15. The number of benzene rings is 1. The lowest BCUT2D eigenvalue weighted by Gasteiger charge is -2.30. The van der Waals surface area contributed by atoms with Gasteiger partial charge in [0.25, 0.3) is 0 Å². The second-order valence-electron chi connectivity index (χ2n) is 7.70. The molecule has 1 fully saturated rings. The van der Waals surface area contributed by atoms with E-state index >= 15 is 0 Å². The second-order valence-corrected chi connectivity index (χ2v) is 9.42. The first-order chi connectivity index (χ1) is 12.2. The lowest BCUT2D eigenvalue weighted by molar-refractivity contribution is -0.124. The van der Waals surface area contributed by atoms with Crippen molar-refractivity contribution < 1.29 is 13.2 Å². The molecule has 1 aromatic carbocycles. The molecule has 1 aromatic rings. The highest BCUT2D eigenvalue weighted by Gasteiger charge is 2.29. The Bertz CT molecular complexity index is 707. The lowest BCUT2D eigenvalue weighted by Crippen LogP contribution is -2.53. The third-order valence-corrected chi connectivity index (χ3v) is 6.11. The Morgan fingerprint density at radius 2 is 1.89 bits per heavy atom. The van der Waals surface area contributed by atoms with Crippen LogP contribution in [0.1, 0.15) is 45.6 Å². The van der Waals surface area contributed by atoms with E-state index in [1.165, 1.54) is 0 Å². The number of nitrogens with one attached hydrogen (secondary N) is 3. The maximum atomic E-state index is 12.8. The van der Waals surface area contributed by atoms with Crippen molar-refractivity contribution in [3.05, 3.63) is 29.8 Å². The zero-order valence-corrected chi connectivity index (χ0v) is 18.1. The van der Waals surface area contributed by atoms with Crippen LogP contribution in [0.5, 0.6) is 0 Å². The van der Waals surface area contributed by atoms with Gasteiger partial charge in [0.2, 0.25) is 15.9 Å². The van der Waals surface area contributed by atoms with E-state index in [0.29, 0.717) is 12.5 Å². The van der Waals surface area contributed by atoms with Gasteiger partial charge in [0.1, 0.15) is 6.04 Å². The number of rotatable bonds is 7. The summed E-state index contributed by atoms with van der Waals surface area (Å²) in [4.78, 5) is 12.9. The minimum absolute atomic E-state index is 0. The molecule has 0 spiro atoms. The van der Waals surface area contributed by atoms with Crippen molar-refractivity contribution in [1.82, 2.24) is 15.4 Å². The number of aryl methyl sites for hydroxylation is 1. The summed E-state index contributed by atoms with van der Waals surface area (Å²) in [7, 11) is -3.74. The van der Waals surface area contributed by atoms with Crippen LogP contribution in [0, 0.1) is 12.8 Å². The van der Waals surface area contributed by atoms with Crippen molar-refractivity contribution in [2.24, 2.45) is 5.92 Å². The topological polar surface area (TPSA) is 87.3 Å². The molecule has 0 aromatic heterocycles. The van der Waals surface area contributed by atoms with E-state index in [0.717, 1.165) is 24.9 Å². The first-order valence-electron chi connectivity index (χ1n) is 9.30. The van der Waals surface area contributed by atoms with Gasteiger partial charge in [-0.1, -0.05) is 31.5 Å². The first kappa shape index (κ1) is 23.9. The van der Waals surface area contributed by atoms with E-state index in [2.05, 4.69) is 22.3 Å². The molecule has 3 atom stereocenters. The fourth-order valence-electron chi connectivity index (χ4n) is 3.22. The summed E-state index contributed by atoms with van der Waals surface area (Å²) in [6.07, 6.45) is 2.16. The van der Waals surface area contributed by atoms with Crippen molar-refractivity contribution in [1.29, 1.82) is 0 Å². The van der Waals surface area contributed by atoms with Crippen LogP contribution < -0.4 is 15.4 Å². The zero-order valence-electron chi connectivity index (χ0n) is 16.5. The van der Waals surface area contributed by atoms with E-state index in [1.807, 2.05) is 20.8 Å². The normalized spacial score (nSPS) is 21.4. The Balaban J connectivity index is 0.00000364. The van der Waals surface area contributed by atoms with Gasteiger partial charge in [0, 0.05) is 12.1 Å². The molecule has 1 heterocycles. The lowest BCUT2D eigenvalue weighted by atomic mass is 9.99. The Morgan fingerprint density at radius 1 is 1.26 bits per heavy atom. The Hall–Kier alpha value is -1.15. The molecule has 6 nitrogen and oxygen atoms in total. The predicted molar refractivity (Wildman–Crippen MR) is 111 cm³/mol. The number of amides is 1. The summed E-state index contributed by atoms with van der Waals surface area (Å²) in [5.41, 5.74) is 0.987. The summed E-state index contributed by atoms with van der Waals surface area (Å²) < 4.78 is 28.0. The van der Waals surface area contributed by atoms with Crippen LogP contribution in [0.15, 0.2) is 29.2 Å². The minimum Gasteiger partial charge on any atom is -0.352 e. The fourth-order valence-corrected chi connectivity index (χ4v) is 4.43. The maximum Gasteiger partial charge on any atom is 0.241 e. The van der Waals surface area contributed by atoms with E-state index < -0.39 is 16.1 Å². The number of hydrogen-bond donors (Lipinski definition) is 3. The Morgan fingerprint density at radius 3 is 2.44 bits per heavy atom. The third-order valence-electron chi connectivity index (χ3n) is 4.62. The van der Waals surface area contributed by atoms with Crippen LogP contribution in [-0.4, -0.2) is 39.0 Å². The fraction of sp³-hybridized carbons (Fsp3) is 0.632. The molecule has 27 heavy (non-hydrogen) atoms. The van der Waals surface area contributed by atoms with E-state index in [-0.39, 0.29) is 35.2 Å². The van der Waals surface area contributed by atoms with Crippen molar-refractivity contribution in [3.63, 3.8) is 0 Å². The number of piperidine rings is 1. The van der Waals surface area contributed by atoms with E-state index in [9.17, 15) is 13.2 Å². The SMILES string of the molecule is Cc1ccc(S(=O)(=O)NC(CC(C)C)C(=O)NC2CCNC(C)C2)cc1.Cl. The van der Waals surface area contributed by atoms with Crippen molar-refractivity contribution in [3.8, 4) is 0 Å². The summed E-state index contributed by atoms with van der Waals surface area (Å²) in [6, 6.07) is 6.29. The summed E-state index contributed by atoms with van der Waals surface area (Å²) in [5, 5.41) is 6.38. The van der Waals surface area contributed by atoms with Crippen LogP contribution in [0.25, 0.3) is 0 Å². The van der Waals surface area contributed by atoms with Gasteiger partial charge in [-0.25, -0.2) is 8.42 Å². The van der Waals surface area contributed by atoms with Gasteiger partial charge in [-0.2, -0.15) is 4.72 Å². The highest BCUT2D eigenvalue weighted by atomic mass is 35.5. The predicted octanol–water partition coefficient (Wildman–Crippen LogP) is 2.37. The molecule has 3 N–H and O–H groups in total. The van der Waals surface area contributed by atoms with Crippen LogP contribution in [0.2, 0.25) is 0 Å². The maximum absolute atomic E-state index is 12.8. The smallest absolute Gasteiger partial charge is 0.241 e. The van der Waals surface area contributed by atoms with Crippen LogP contribution in [-0.2, 0) is 14.8 Å². The number of carbonyl (C=O) groups excluding carboxylic acids is 1. The highest BCUT2D eigenvalue weighted by molar-refractivity contribution is 7.89. The number of carbonyl (C=O) groups is 1. The first-order valence-corrected chi connectivity index (χ1v) is 10.8. The molecule has 1 aliphatic rings. The molecule has 2 rings (SSSR count). The molecule has 1 amide bonds. The molecule has 8 heteroatoms.